The molecule has 0 bridgehead atoms. The van der Waals surface area contributed by atoms with Crippen LogP contribution in [-0.4, -0.2) is 26.4 Å². The first-order valence-corrected chi connectivity index (χ1v) is 10.1. The van der Waals surface area contributed by atoms with Crippen LogP contribution in [0.2, 0.25) is 18.1 Å². The third-order valence-electron chi connectivity index (χ3n) is 4.58. The quantitative estimate of drug-likeness (QED) is 0.771. The molecule has 0 aliphatic carbocycles. The molecule has 2 rings (SSSR count). The Bertz CT molecular complexity index is 412. The van der Waals surface area contributed by atoms with Crippen molar-refractivity contribution in [3.05, 3.63) is 35.4 Å². The van der Waals surface area contributed by atoms with Crippen molar-refractivity contribution in [3.63, 3.8) is 0 Å². The minimum absolute atomic E-state index is 0.307. The lowest BCUT2D eigenvalue weighted by Gasteiger charge is -2.36. The van der Waals surface area contributed by atoms with Crippen molar-refractivity contribution in [2.75, 3.05) is 13.2 Å². The molecule has 2 nitrogen and oxygen atoms in total. The largest absolute Gasteiger partial charge is 0.416 e. The molecule has 1 heterocycles. The summed E-state index contributed by atoms with van der Waals surface area (Å²) in [6.45, 7) is 15.6. The molecule has 3 heteroatoms. The molecule has 19 heavy (non-hydrogen) atoms. The molecule has 0 fully saturated rings. The standard InChI is InChI=1S/C16H27NOSi/c1-16(2,3)19(4,5)18-11-10-17-12-14-8-6-7-9-15(14)13-17/h6-9H,10-13H2,1-5H3. The third-order valence-corrected chi connectivity index (χ3v) is 9.12. The Kier molecular flexibility index (Phi) is 4.19. The van der Waals surface area contributed by atoms with Gasteiger partial charge in [-0.15, -0.1) is 0 Å². The summed E-state index contributed by atoms with van der Waals surface area (Å²) in [4.78, 5) is 2.48. The van der Waals surface area contributed by atoms with Crippen LogP contribution in [0, 0.1) is 0 Å². The number of benzene rings is 1. The molecule has 0 spiro atoms. The summed E-state index contributed by atoms with van der Waals surface area (Å²) in [6, 6.07) is 8.75. The molecule has 0 unspecified atom stereocenters. The van der Waals surface area contributed by atoms with Gasteiger partial charge in [-0.3, -0.25) is 4.90 Å². The third kappa shape index (κ3) is 3.47. The van der Waals surface area contributed by atoms with Gasteiger partial charge in [0.2, 0.25) is 0 Å². The lowest BCUT2D eigenvalue weighted by molar-refractivity contribution is 0.200. The predicted octanol–water partition coefficient (Wildman–Crippen LogP) is 4.02. The van der Waals surface area contributed by atoms with Gasteiger partial charge in [0.25, 0.3) is 0 Å². The van der Waals surface area contributed by atoms with Crippen LogP contribution < -0.4 is 0 Å². The normalized spacial score (nSPS) is 16.7. The van der Waals surface area contributed by atoms with E-state index in [1.807, 2.05) is 0 Å². The van der Waals surface area contributed by atoms with E-state index in [0.717, 1.165) is 26.2 Å². The predicted molar refractivity (Wildman–Crippen MR) is 83.7 cm³/mol. The first kappa shape index (κ1) is 14.8. The Morgan fingerprint density at radius 1 is 1.11 bits per heavy atom. The first-order chi connectivity index (χ1) is 8.79. The van der Waals surface area contributed by atoms with Crippen LogP contribution in [0.3, 0.4) is 0 Å². The number of rotatable bonds is 4. The second kappa shape index (κ2) is 5.39. The molecule has 0 aromatic heterocycles. The zero-order valence-corrected chi connectivity index (χ0v) is 14.0. The lowest BCUT2D eigenvalue weighted by atomic mass is 10.1. The fraction of sp³-hybridized carbons (Fsp3) is 0.625. The Labute approximate surface area is 118 Å². The summed E-state index contributed by atoms with van der Waals surface area (Å²) in [5.74, 6) is 0. The minimum atomic E-state index is -1.58. The van der Waals surface area contributed by atoms with E-state index in [9.17, 15) is 0 Å². The van der Waals surface area contributed by atoms with Gasteiger partial charge in [0.15, 0.2) is 8.32 Å². The topological polar surface area (TPSA) is 12.5 Å². The van der Waals surface area contributed by atoms with Crippen molar-refractivity contribution < 1.29 is 4.43 Å². The molecule has 0 atom stereocenters. The molecule has 0 amide bonds. The van der Waals surface area contributed by atoms with E-state index >= 15 is 0 Å². The van der Waals surface area contributed by atoms with Crippen LogP contribution in [0.4, 0.5) is 0 Å². The molecule has 1 aliphatic heterocycles. The van der Waals surface area contributed by atoms with E-state index in [1.165, 1.54) is 11.1 Å². The zero-order valence-electron chi connectivity index (χ0n) is 13.0. The van der Waals surface area contributed by atoms with Gasteiger partial charge in [-0.05, 0) is 29.3 Å². The van der Waals surface area contributed by atoms with Crippen LogP contribution in [0.25, 0.3) is 0 Å². The molecular weight excluding hydrogens is 250 g/mol. The van der Waals surface area contributed by atoms with Crippen LogP contribution in [0.5, 0.6) is 0 Å². The molecule has 1 aromatic carbocycles. The number of fused-ring (bicyclic) bond motifs is 1. The van der Waals surface area contributed by atoms with Crippen LogP contribution >= 0.6 is 0 Å². The number of hydrogen-bond donors (Lipinski definition) is 0. The lowest BCUT2D eigenvalue weighted by Crippen LogP contribution is -2.42. The summed E-state index contributed by atoms with van der Waals surface area (Å²) in [7, 11) is -1.58. The fourth-order valence-corrected chi connectivity index (χ4v) is 3.24. The van der Waals surface area contributed by atoms with Gasteiger partial charge in [-0.1, -0.05) is 45.0 Å². The maximum Gasteiger partial charge on any atom is 0.192 e. The zero-order chi connectivity index (χ0) is 14.1. The highest BCUT2D eigenvalue weighted by atomic mass is 28.4. The summed E-state index contributed by atoms with van der Waals surface area (Å²) in [5.41, 5.74) is 2.96. The Morgan fingerprint density at radius 3 is 2.11 bits per heavy atom. The van der Waals surface area contributed by atoms with E-state index < -0.39 is 8.32 Å². The molecule has 0 N–H and O–H groups in total. The summed E-state index contributed by atoms with van der Waals surface area (Å²) < 4.78 is 6.25. The van der Waals surface area contributed by atoms with Crippen molar-refractivity contribution in [3.8, 4) is 0 Å². The Balaban J connectivity index is 1.80. The SMILES string of the molecule is CC(C)(C)[Si](C)(C)OCCN1Cc2ccccc2C1. The highest BCUT2D eigenvalue weighted by molar-refractivity contribution is 6.74. The number of hydrogen-bond acceptors (Lipinski definition) is 2. The average molecular weight is 277 g/mol. The minimum Gasteiger partial charge on any atom is -0.416 e. The Hall–Kier alpha value is -0.643. The van der Waals surface area contributed by atoms with E-state index in [-0.39, 0.29) is 0 Å². The van der Waals surface area contributed by atoms with Gasteiger partial charge in [0, 0.05) is 26.2 Å². The fourth-order valence-electron chi connectivity index (χ4n) is 2.21. The van der Waals surface area contributed by atoms with E-state index in [0.29, 0.717) is 5.04 Å². The van der Waals surface area contributed by atoms with Crippen molar-refractivity contribution >= 4 is 8.32 Å². The average Bonchev–Trinajstić information content (AvgIpc) is 2.69. The molecule has 1 aromatic rings. The van der Waals surface area contributed by atoms with Crippen LogP contribution in [0.15, 0.2) is 24.3 Å². The smallest absolute Gasteiger partial charge is 0.192 e. The highest BCUT2D eigenvalue weighted by Gasteiger charge is 2.37. The van der Waals surface area contributed by atoms with Crippen molar-refractivity contribution in [2.24, 2.45) is 0 Å². The van der Waals surface area contributed by atoms with E-state index in [2.05, 4.69) is 63.0 Å². The maximum atomic E-state index is 6.25. The Morgan fingerprint density at radius 2 is 1.63 bits per heavy atom. The summed E-state index contributed by atoms with van der Waals surface area (Å²) in [6.07, 6.45) is 0. The maximum absolute atomic E-state index is 6.25. The van der Waals surface area contributed by atoms with Gasteiger partial charge >= 0.3 is 0 Å². The van der Waals surface area contributed by atoms with Gasteiger partial charge in [0.1, 0.15) is 0 Å². The summed E-state index contributed by atoms with van der Waals surface area (Å²) >= 11 is 0. The van der Waals surface area contributed by atoms with Gasteiger partial charge < -0.3 is 4.43 Å². The summed E-state index contributed by atoms with van der Waals surface area (Å²) in [5, 5.41) is 0.307. The van der Waals surface area contributed by atoms with E-state index in [4.69, 9.17) is 4.43 Å². The monoisotopic (exact) mass is 277 g/mol. The van der Waals surface area contributed by atoms with Crippen LogP contribution in [0.1, 0.15) is 31.9 Å². The van der Waals surface area contributed by atoms with Gasteiger partial charge in [-0.25, -0.2) is 0 Å². The molecule has 0 saturated heterocycles. The van der Waals surface area contributed by atoms with Gasteiger partial charge in [-0.2, -0.15) is 0 Å². The van der Waals surface area contributed by atoms with Gasteiger partial charge in [0.05, 0.1) is 0 Å². The molecule has 0 radical (unpaired) electrons. The molecule has 106 valence electrons. The number of nitrogens with zero attached hydrogens (tertiary/aromatic N) is 1. The second-order valence-corrected chi connectivity index (χ2v) is 11.9. The highest BCUT2D eigenvalue weighted by Crippen LogP contribution is 2.36. The molecule has 0 saturated carbocycles. The van der Waals surface area contributed by atoms with Crippen molar-refractivity contribution in [1.82, 2.24) is 4.90 Å². The van der Waals surface area contributed by atoms with Crippen molar-refractivity contribution in [2.45, 2.75) is 52.0 Å². The molecule has 1 aliphatic rings. The van der Waals surface area contributed by atoms with Crippen LogP contribution in [-0.2, 0) is 17.5 Å². The van der Waals surface area contributed by atoms with Crippen molar-refractivity contribution in [1.29, 1.82) is 0 Å². The first-order valence-electron chi connectivity index (χ1n) is 7.23. The molecular formula is C16H27NOSi. The second-order valence-electron chi connectivity index (χ2n) is 7.09. The van der Waals surface area contributed by atoms with E-state index in [1.54, 1.807) is 0 Å².